The van der Waals surface area contributed by atoms with Gasteiger partial charge in [0.05, 0.1) is 11.0 Å². The molecule has 0 aromatic carbocycles. The molecule has 3 unspecified atom stereocenters. The second-order valence-corrected chi connectivity index (χ2v) is 7.48. The maximum atomic E-state index is 12.5. The molecule has 0 saturated heterocycles. The summed E-state index contributed by atoms with van der Waals surface area (Å²) in [6.07, 6.45) is -2.91. The Balaban J connectivity index is 2.85. The maximum Gasteiger partial charge on any atom is 0.403 e. The molecule has 19 heavy (non-hydrogen) atoms. The Bertz CT molecular complexity index is 430. The first-order chi connectivity index (χ1) is 8.54. The number of rotatable bonds is 4. The number of carboxylic acid groups (broad SMARTS) is 1. The van der Waals surface area contributed by atoms with Crippen LogP contribution in [0.2, 0.25) is 0 Å². The molecule has 112 valence electrons. The van der Waals surface area contributed by atoms with E-state index in [0.29, 0.717) is 19.3 Å². The van der Waals surface area contributed by atoms with E-state index in [1.54, 1.807) is 0 Å². The van der Waals surface area contributed by atoms with E-state index in [4.69, 9.17) is 5.11 Å². The van der Waals surface area contributed by atoms with Crippen molar-refractivity contribution in [1.82, 2.24) is 0 Å². The molecule has 1 N–H and O–H groups in total. The number of alkyl halides is 3. The Hall–Kier alpha value is -0.790. The van der Waals surface area contributed by atoms with E-state index in [9.17, 15) is 26.4 Å². The molecule has 1 aliphatic rings. The van der Waals surface area contributed by atoms with Gasteiger partial charge in [-0.3, -0.25) is 4.79 Å². The molecule has 0 aromatic rings. The standard InChI is InChI=1S/C11H17F3O4S/c1-7-3-2-4-8(5-7)19(17,18)6-9(10(15)16)11(12,13)14/h7-9H,2-6H2,1H3,(H,15,16). The molecule has 0 heterocycles. The van der Waals surface area contributed by atoms with Crippen LogP contribution in [-0.4, -0.2) is 36.7 Å². The lowest BCUT2D eigenvalue weighted by molar-refractivity contribution is -0.189. The molecule has 0 aromatic heterocycles. The van der Waals surface area contributed by atoms with E-state index >= 15 is 0 Å². The smallest absolute Gasteiger partial charge is 0.403 e. The Morgan fingerprint density at radius 2 is 1.95 bits per heavy atom. The van der Waals surface area contributed by atoms with Crippen molar-refractivity contribution in [2.24, 2.45) is 11.8 Å². The molecule has 0 radical (unpaired) electrons. The van der Waals surface area contributed by atoms with E-state index in [-0.39, 0.29) is 5.92 Å². The third-order valence-electron chi connectivity index (χ3n) is 3.49. The van der Waals surface area contributed by atoms with E-state index in [1.807, 2.05) is 6.92 Å². The predicted octanol–water partition coefficient (Wildman–Crippen LogP) is 2.24. The molecule has 0 amide bonds. The first kappa shape index (κ1) is 16.3. The number of hydrogen-bond donors (Lipinski definition) is 1. The fourth-order valence-corrected chi connectivity index (χ4v) is 4.59. The van der Waals surface area contributed by atoms with Crippen LogP contribution in [0.25, 0.3) is 0 Å². The average Bonchev–Trinajstić information content (AvgIpc) is 2.24. The van der Waals surface area contributed by atoms with Crippen LogP contribution < -0.4 is 0 Å². The van der Waals surface area contributed by atoms with Crippen molar-refractivity contribution in [3.05, 3.63) is 0 Å². The van der Waals surface area contributed by atoms with Crippen molar-refractivity contribution < 1.29 is 31.5 Å². The predicted molar refractivity (Wildman–Crippen MR) is 62.4 cm³/mol. The number of halogens is 3. The van der Waals surface area contributed by atoms with E-state index in [2.05, 4.69) is 0 Å². The quantitative estimate of drug-likeness (QED) is 0.864. The van der Waals surface area contributed by atoms with Crippen molar-refractivity contribution >= 4 is 15.8 Å². The molecule has 0 spiro atoms. The van der Waals surface area contributed by atoms with Gasteiger partial charge >= 0.3 is 12.1 Å². The third kappa shape index (κ3) is 4.36. The molecule has 8 heteroatoms. The zero-order valence-electron chi connectivity index (χ0n) is 10.5. The fourth-order valence-electron chi connectivity index (χ4n) is 2.38. The topological polar surface area (TPSA) is 71.4 Å². The minimum atomic E-state index is -5.04. The Kier molecular flexibility index (Phi) is 4.86. The van der Waals surface area contributed by atoms with Crippen molar-refractivity contribution in [2.75, 3.05) is 5.75 Å². The Morgan fingerprint density at radius 3 is 2.37 bits per heavy atom. The number of sulfone groups is 1. The van der Waals surface area contributed by atoms with Gasteiger partial charge in [-0.1, -0.05) is 19.8 Å². The summed E-state index contributed by atoms with van der Waals surface area (Å²) in [6.45, 7) is 1.85. The monoisotopic (exact) mass is 302 g/mol. The van der Waals surface area contributed by atoms with Gasteiger partial charge in [0.2, 0.25) is 0 Å². The van der Waals surface area contributed by atoms with Crippen LogP contribution in [0.4, 0.5) is 13.2 Å². The number of carboxylic acids is 1. The van der Waals surface area contributed by atoms with Crippen LogP contribution in [0.3, 0.4) is 0 Å². The summed E-state index contributed by atoms with van der Waals surface area (Å²) in [5.74, 6) is -6.19. The molecule has 1 aliphatic carbocycles. The minimum absolute atomic E-state index is 0.141. The van der Waals surface area contributed by atoms with Crippen molar-refractivity contribution in [2.45, 2.75) is 44.0 Å². The molecule has 0 bridgehead atoms. The maximum absolute atomic E-state index is 12.5. The Labute approximate surface area is 109 Å². The van der Waals surface area contributed by atoms with Gasteiger partial charge in [-0.25, -0.2) is 8.42 Å². The minimum Gasteiger partial charge on any atom is -0.481 e. The van der Waals surface area contributed by atoms with Crippen LogP contribution >= 0.6 is 0 Å². The summed E-state index contributed by atoms with van der Waals surface area (Å²) in [5.41, 5.74) is 0. The summed E-state index contributed by atoms with van der Waals surface area (Å²) >= 11 is 0. The summed E-state index contributed by atoms with van der Waals surface area (Å²) in [6, 6.07) is 0. The number of aliphatic carboxylic acids is 1. The normalized spacial score (nSPS) is 26.9. The van der Waals surface area contributed by atoms with Gasteiger partial charge < -0.3 is 5.11 Å². The molecule has 1 rings (SSSR count). The number of carbonyl (C=O) groups is 1. The second-order valence-electron chi connectivity index (χ2n) is 5.16. The highest BCUT2D eigenvalue weighted by atomic mass is 32.2. The molecular weight excluding hydrogens is 285 g/mol. The molecule has 1 fully saturated rings. The molecule has 0 aliphatic heterocycles. The summed E-state index contributed by atoms with van der Waals surface area (Å²) in [7, 11) is -4.04. The van der Waals surface area contributed by atoms with Gasteiger partial charge in [0.25, 0.3) is 0 Å². The first-order valence-corrected chi connectivity index (χ1v) is 7.76. The SMILES string of the molecule is CC1CCCC(S(=O)(=O)CC(C(=O)O)C(F)(F)F)C1. The lowest BCUT2D eigenvalue weighted by Gasteiger charge is -2.27. The molecular formula is C11H17F3O4S. The van der Waals surface area contributed by atoms with Crippen LogP contribution in [-0.2, 0) is 14.6 Å². The van der Waals surface area contributed by atoms with E-state index in [1.165, 1.54) is 0 Å². The lowest BCUT2D eigenvalue weighted by Crippen LogP contribution is -2.40. The van der Waals surface area contributed by atoms with Crippen molar-refractivity contribution in [3.8, 4) is 0 Å². The van der Waals surface area contributed by atoms with Crippen LogP contribution in [0.15, 0.2) is 0 Å². The van der Waals surface area contributed by atoms with Gasteiger partial charge in [0.1, 0.15) is 0 Å². The third-order valence-corrected chi connectivity index (χ3v) is 5.73. The highest BCUT2D eigenvalue weighted by Gasteiger charge is 2.48. The van der Waals surface area contributed by atoms with Crippen LogP contribution in [0.1, 0.15) is 32.6 Å². The van der Waals surface area contributed by atoms with Gasteiger partial charge in [-0.2, -0.15) is 13.2 Å². The van der Waals surface area contributed by atoms with E-state index in [0.717, 1.165) is 6.42 Å². The van der Waals surface area contributed by atoms with Gasteiger partial charge in [0, 0.05) is 0 Å². The average molecular weight is 302 g/mol. The van der Waals surface area contributed by atoms with Gasteiger partial charge in [-0.15, -0.1) is 0 Å². The summed E-state index contributed by atoms with van der Waals surface area (Å²) < 4.78 is 61.4. The van der Waals surface area contributed by atoms with Crippen molar-refractivity contribution in [3.63, 3.8) is 0 Å². The van der Waals surface area contributed by atoms with E-state index < -0.39 is 38.9 Å². The van der Waals surface area contributed by atoms with Crippen LogP contribution in [0.5, 0.6) is 0 Å². The Morgan fingerprint density at radius 1 is 1.37 bits per heavy atom. The lowest BCUT2D eigenvalue weighted by atomic mass is 9.91. The van der Waals surface area contributed by atoms with Gasteiger partial charge in [0.15, 0.2) is 15.8 Å². The highest BCUT2D eigenvalue weighted by Crippen LogP contribution is 2.33. The molecule has 4 nitrogen and oxygen atoms in total. The highest BCUT2D eigenvalue weighted by molar-refractivity contribution is 7.92. The molecule has 3 atom stereocenters. The van der Waals surface area contributed by atoms with Gasteiger partial charge in [-0.05, 0) is 18.8 Å². The summed E-state index contributed by atoms with van der Waals surface area (Å²) in [5, 5.41) is 7.69. The van der Waals surface area contributed by atoms with Crippen molar-refractivity contribution in [1.29, 1.82) is 0 Å². The summed E-state index contributed by atoms with van der Waals surface area (Å²) in [4.78, 5) is 10.6. The zero-order valence-corrected chi connectivity index (χ0v) is 11.3. The molecule has 1 saturated carbocycles. The second kappa shape index (κ2) is 5.68. The van der Waals surface area contributed by atoms with Crippen LogP contribution in [0, 0.1) is 11.8 Å². The largest absolute Gasteiger partial charge is 0.481 e. The fraction of sp³-hybridized carbons (Fsp3) is 0.909. The number of hydrogen-bond acceptors (Lipinski definition) is 3. The zero-order chi connectivity index (χ0) is 14.8. The first-order valence-electron chi connectivity index (χ1n) is 6.05.